The molecule has 0 saturated heterocycles. The Morgan fingerprint density at radius 2 is 2.00 bits per heavy atom. The second-order valence-corrected chi connectivity index (χ2v) is 5.38. The van der Waals surface area contributed by atoms with Gasteiger partial charge in [-0.15, -0.1) is 0 Å². The molecule has 0 fully saturated rings. The van der Waals surface area contributed by atoms with Gasteiger partial charge < -0.3 is 10.1 Å². The Morgan fingerprint density at radius 3 is 2.50 bits per heavy atom. The molecule has 2 nitrogen and oxygen atoms in total. The Bertz CT molecular complexity index is 339. The molecule has 1 unspecified atom stereocenters. The van der Waals surface area contributed by atoms with Crippen molar-refractivity contribution in [2.75, 3.05) is 12.4 Å². The van der Waals surface area contributed by atoms with Crippen LogP contribution in [0.5, 0.6) is 5.75 Å². The van der Waals surface area contributed by atoms with Crippen LogP contribution in [0.25, 0.3) is 0 Å². The zero-order chi connectivity index (χ0) is 12.1. The summed E-state index contributed by atoms with van der Waals surface area (Å²) in [5.41, 5.74) is 1.13. The highest BCUT2D eigenvalue weighted by Gasteiger charge is 2.06. The third-order valence-electron chi connectivity index (χ3n) is 2.39. The van der Waals surface area contributed by atoms with Crippen LogP contribution in [-0.4, -0.2) is 13.2 Å². The van der Waals surface area contributed by atoms with Crippen LogP contribution in [0, 0.1) is 5.92 Å². The van der Waals surface area contributed by atoms with Crippen molar-refractivity contribution in [2.24, 2.45) is 5.92 Å². The minimum Gasteiger partial charge on any atom is -0.496 e. The van der Waals surface area contributed by atoms with Crippen LogP contribution in [0.1, 0.15) is 27.2 Å². The number of rotatable bonds is 5. The predicted molar refractivity (Wildman–Crippen MR) is 73.2 cm³/mol. The standard InChI is InChI=1S/C13H20BrNO/c1-9(2)7-10(3)15-11-5-6-13(16-4)12(14)8-11/h5-6,8-10,15H,7H2,1-4H3. The average molecular weight is 286 g/mol. The lowest BCUT2D eigenvalue weighted by Crippen LogP contribution is -2.17. The van der Waals surface area contributed by atoms with Crippen molar-refractivity contribution in [3.8, 4) is 5.75 Å². The van der Waals surface area contributed by atoms with E-state index < -0.39 is 0 Å². The summed E-state index contributed by atoms with van der Waals surface area (Å²) in [6.07, 6.45) is 1.17. The zero-order valence-electron chi connectivity index (χ0n) is 10.4. The minimum absolute atomic E-state index is 0.486. The summed E-state index contributed by atoms with van der Waals surface area (Å²) in [7, 11) is 1.68. The lowest BCUT2D eigenvalue weighted by Gasteiger charge is -2.17. The highest BCUT2D eigenvalue weighted by molar-refractivity contribution is 9.10. The van der Waals surface area contributed by atoms with Gasteiger partial charge >= 0.3 is 0 Å². The van der Waals surface area contributed by atoms with E-state index in [0.717, 1.165) is 15.9 Å². The summed E-state index contributed by atoms with van der Waals surface area (Å²) >= 11 is 3.48. The number of benzene rings is 1. The summed E-state index contributed by atoms with van der Waals surface area (Å²) in [6, 6.07) is 6.55. The highest BCUT2D eigenvalue weighted by atomic mass is 79.9. The quantitative estimate of drug-likeness (QED) is 0.871. The van der Waals surface area contributed by atoms with Crippen molar-refractivity contribution in [2.45, 2.75) is 33.2 Å². The average Bonchev–Trinajstić information content (AvgIpc) is 2.16. The molecule has 0 spiro atoms. The summed E-state index contributed by atoms with van der Waals surface area (Å²) in [4.78, 5) is 0. The summed E-state index contributed by atoms with van der Waals surface area (Å²) < 4.78 is 6.18. The molecule has 16 heavy (non-hydrogen) atoms. The molecule has 0 bridgehead atoms. The van der Waals surface area contributed by atoms with Crippen LogP contribution in [0.4, 0.5) is 5.69 Å². The Hall–Kier alpha value is -0.700. The first-order valence-corrected chi connectivity index (χ1v) is 6.42. The van der Waals surface area contributed by atoms with Gasteiger partial charge in [-0.25, -0.2) is 0 Å². The van der Waals surface area contributed by atoms with Crippen molar-refractivity contribution in [1.82, 2.24) is 0 Å². The molecule has 0 heterocycles. The van der Waals surface area contributed by atoms with Gasteiger partial charge in [0.05, 0.1) is 11.6 Å². The first-order valence-electron chi connectivity index (χ1n) is 5.63. The molecule has 1 N–H and O–H groups in total. The van der Waals surface area contributed by atoms with Crippen LogP contribution >= 0.6 is 15.9 Å². The molecule has 90 valence electrons. The van der Waals surface area contributed by atoms with Crippen LogP contribution in [0.2, 0.25) is 0 Å². The third-order valence-corrected chi connectivity index (χ3v) is 3.01. The SMILES string of the molecule is COc1ccc(NC(C)CC(C)C)cc1Br. The fourth-order valence-electron chi connectivity index (χ4n) is 1.81. The van der Waals surface area contributed by atoms with E-state index in [0.29, 0.717) is 12.0 Å². The molecule has 0 radical (unpaired) electrons. The van der Waals surface area contributed by atoms with E-state index in [2.05, 4.69) is 48.1 Å². The van der Waals surface area contributed by atoms with E-state index >= 15 is 0 Å². The topological polar surface area (TPSA) is 21.3 Å². The lowest BCUT2D eigenvalue weighted by atomic mass is 10.1. The smallest absolute Gasteiger partial charge is 0.133 e. The maximum absolute atomic E-state index is 5.19. The Kier molecular flexibility index (Phi) is 5.13. The lowest BCUT2D eigenvalue weighted by molar-refractivity contribution is 0.412. The van der Waals surface area contributed by atoms with Gasteiger partial charge in [0.15, 0.2) is 0 Å². The molecule has 0 aliphatic carbocycles. The van der Waals surface area contributed by atoms with E-state index in [-0.39, 0.29) is 0 Å². The normalized spacial score (nSPS) is 12.6. The fraction of sp³-hybridized carbons (Fsp3) is 0.538. The van der Waals surface area contributed by atoms with E-state index in [9.17, 15) is 0 Å². The van der Waals surface area contributed by atoms with Crippen molar-refractivity contribution in [3.05, 3.63) is 22.7 Å². The van der Waals surface area contributed by atoms with Gasteiger partial charge in [0.2, 0.25) is 0 Å². The van der Waals surface area contributed by atoms with E-state index in [1.165, 1.54) is 6.42 Å². The second kappa shape index (κ2) is 6.14. The van der Waals surface area contributed by atoms with Crippen LogP contribution in [0.15, 0.2) is 22.7 Å². The molecule has 3 heteroatoms. The number of anilines is 1. The summed E-state index contributed by atoms with van der Waals surface area (Å²) in [5.74, 6) is 1.58. The van der Waals surface area contributed by atoms with Gasteiger partial charge in [0, 0.05) is 11.7 Å². The van der Waals surface area contributed by atoms with Gasteiger partial charge in [0.1, 0.15) is 5.75 Å². The first-order chi connectivity index (χ1) is 7.52. The maximum Gasteiger partial charge on any atom is 0.133 e. The Balaban J connectivity index is 2.64. The largest absolute Gasteiger partial charge is 0.496 e. The number of ether oxygens (including phenoxy) is 1. The Morgan fingerprint density at radius 1 is 1.31 bits per heavy atom. The van der Waals surface area contributed by atoms with Crippen LogP contribution in [0.3, 0.4) is 0 Å². The van der Waals surface area contributed by atoms with Crippen molar-refractivity contribution >= 4 is 21.6 Å². The molecule has 1 aromatic carbocycles. The predicted octanol–water partition coefficient (Wildman–Crippen LogP) is 4.30. The molecule has 1 rings (SSSR count). The summed E-state index contributed by atoms with van der Waals surface area (Å²) in [5, 5.41) is 3.48. The van der Waals surface area contributed by atoms with Gasteiger partial charge in [-0.2, -0.15) is 0 Å². The number of hydrogen-bond donors (Lipinski definition) is 1. The Labute approximate surface area is 107 Å². The number of halogens is 1. The first kappa shape index (κ1) is 13.4. The molecule has 0 amide bonds. The molecular formula is C13H20BrNO. The summed E-state index contributed by atoms with van der Waals surface area (Å²) in [6.45, 7) is 6.68. The molecule has 0 aliphatic heterocycles. The number of hydrogen-bond acceptors (Lipinski definition) is 2. The van der Waals surface area contributed by atoms with Crippen LogP contribution < -0.4 is 10.1 Å². The number of methoxy groups -OCH3 is 1. The van der Waals surface area contributed by atoms with E-state index in [1.807, 2.05) is 12.1 Å². The van der Waals surface area contributed by atoms with Gasteiger partial charge in [-0.1, -0.05) is 13.8 Å². The van der Waals surface area contributed by atoms with Gasteiger partial charge in [-0.05, 0) is 53.4 Å². The minimum atomic E-state index is 0.486. The van der Waals surface area contributed by atoms with E-state index in [4.69, 9.17) is 4.74 Å². The zero-order valence-corrected chi connectivity index (χ0v) is 12.0. The number of nitrogens with one attached hydrogen (secondary N) is 1. The molecule has 1 atom stereocenters. The van der Waals surface area contributed by atoms with E-state index in [1.54, 1.807) is 7.11 Å². The second-order valence-electron chi connectivity index (χ2n) is 4.52. The molecule has 1 aromatic rings. The van der Waals surface area contributed by atoms with Gasteiger partial charge in [-0.3, -0.25) is 0 Å². The monoisotopic (exact) mass is 285 g/mol. The third kappa shape index (κ3) is 4.05. The molecule has 0 aliphatic rings. The maximum atomic E-state index is 5.19. The fourth-order valence-corrected chi connectivity index (χ4v) is 2.35. The van der Waals surface area contributed by atoms with Crippen molar-refractivity contribution < 1.29 is 4.74 Å². The van der Waals surface area contributed by atoms with Crippen LogP contribution in [-0.2, 0) is 0 Å². The van der Waals surface area contributed by atoms with Crippen molar-refractivity contribution in [3.63, 3.8) is 0 Å². The molecule has 0 aromatic heterocycles. The highest BCUT2D eigenvalue weighted by Crippen LogP contribution is 2.28. The van der Waals surface area contributed by atoms with Gasteiger partial charge in [0.25, 0.3) is 0 Å². The van der Waals surface area contributed by atoms with Crippen molar-refractivity contribution in [1.29, 1.82) is 0 Å². The molecule has 0 saturated carbocycles. The molecular weight excluding hydrogens is 266 g/mol.